The summed E-state index contributed by atoms with van der Waals surface area (Å²) in [5, 5.41) is 9.93. The van der Waals surface area contributed by atoms with Crippen molar-refractivity contribution in [1.29, 1.82) is 0 Å². The van der Waals surface area contributed by atoms with E-state index in [9.17, 15) is 0 Å². The molecule has 322 valence electrons. The molecule has 0 radical (unpaired) electrons. The summed E-state index contributed by atoms with van der Waals surface area (Å²) < 4.78 is 6.51. The van der Waals surface area contributed by atoms with E-state index in [-0.39, 0.29) is 0 Å². The predicted molar refractivity (Wildman–Crippen MR) is 289 cm³/mol. The Morgan fingerprint density at radius 2 is 0.754 bits per heavy atom. The van der Waals surface area contributed by atoms with Crippen molar-refractivity contribution in [2.45, 2.75) is 5.41 Å². The van der Waals surface area contributed by atoms with E-state index in [1.54, 1.807) is 0 Å². The summed E-state index contributed by atoms with van der Waals surface area (Å²) >= 11 is 0. The zero-order valence-corrected chi connectivity index (χ0v) is 37.7. The number of hydrogen-bond acceptors (Lipinski definition) is 2. The highest BCUT2D eigenvalue weighted by Crippen LogP contribution is 2.56. The standard InChI is InChI=1S/C67H43NO/c1-2-16-47(17-3-1)67(63-29-11-8-24-58(63)59-25-9-12-30-64(59)67)48-18-14-19-51(43-48)68(50-39-34-45(35-40-50)52-27-15-28-61-60-26-10-13-31-65(60)69-66(52)61)49-37-32-44(33-38-49)46-36-41-57-55-22-5-4-20-53(55)54-21-6-7-23-56(54)62(57)42-46/h1-43H. The minimum Gasteiger partial charge on any atom is -0.455 e. The van der Waals surface area contributed by atoms with Crippen molar-refractivity contribution in [2.24, 2.45) is 0 Å². The smallest absolute Gasteiger partial charge is 0.143 e. The van der Waals surface area contributed by atoms with E-state index in [1.807, 2.05) is 12.1 Å². The number of furan rings is 1. The average Bonchev–Trinajstić information content (AvgIpc) is 3.96. The molecule has 12 aromatic carbocycles. The number of nitrogens with zero attached hydrogens (tertiary/aromatic N) is 1. The Morgan fingerprint density at radius 3 is 1.42 bits per heavy atom. The van der Waals surface area contributed by atoms with Gasteiger partial charge in [-0.3, -0.25) is 0 Å². The number of rotatable bonds is 7. The van der Waals surface area contributed by atoms with Crippen LogP contribution < -0.4 is 4.90 Å². The Morgan fingerprint density at radius 1 is 0.275 bits per heavy atom. The van der Waals surface area contributed by atoms with Crippen LogP contribution in [-0.4, -0.2) is 0 Å². The van der Waals surface area contributed by atoms with Crippen molar-refractivity contribution in [3.8, 4) is 33.4 Å². The maximum absolute atomic E-state index is 6.51. The largest absolute Gasteiger partial charge is 0.455 e. The SMILES string of the molecule is c1ccc(C2(c3cccc(N(c4ccc(-c5ccc6c7ccccc7c7ccccc7c6c5)cc4)c4ccc(-c5cccc6c5oc5ccccc56)cc4)c3)c3ccccc3-c3ccccc32)cc1. The van der Waals surface area contributed by atoms with Gasteiger partial charge in [0.1, 0.15) is 11.2 Å². The van der Waals surface area contributed by atoms with E-state index in [4.69, 9.17) is 4.42 Å². The van der Waals surface area contributed by atoms with Crippen molar-refractivity contribution in [3.63, 3.8) is 0 Å². The van der Waals surface area contributed by atoms with Gasteiger partial charge in [-0.05, 0) is 131 Å². The topological polar surface area (TPSA) is 16.4 Å². The van der Waals surface area contributed by atoms with Gasteiger partial charge in [-0.2, -0.15) is 0 Å². The number of anilines is 3. The highest BCUT2D eigenvalue weighted by molar-refractivity contribution is 6.25. The molecular formula is C67H43NO. The lowest BCUT2D eigenvalue weighted by Gasteiger charge is -2.35. The maximum atomic E-state index is 6.51. The Bertz CT molecular complexity index is 4050. The van der Waals surface area contributed by atoms with Gasteiger partial charge in [0.25, 0.3) is 0 Å². The number of fused-ring (bicyclic) bond motifs is 12. The van der Waals surface area contributed by atoms with Crippen LogP contribution in [-0.2, 0) is 5.41 Å². The van der Waals surface area contributed by atoms with E-state index in [0.29, 0.717) is 0 Å². The van der Waals surface area contributed by atoms with Crippen LogP contribution in [0.15, 0.2) is 265 Å². The number of benzene rings is 12. The maximum Gasteiger partial charge on any atom is 0.143 e. The fourth-order valence-corrected chi connectivity index (χ4v) is 11.7. The highest BCUT2D eigenvalue weighted by Gasteiger charge is 2.46. The monoisotopic (exact) mass is 877 g/mol. The molecule has 2 heteroatoms. The summed E-state index contributed by atoms with van der Waals surface area (Å²) in [7, 11) is 0. The third kappa shape index (κ3) is 5.99. The van der Waals surface area contributed by atoms with E-state index in [0.717, 1.165) is 50.1 Å². The molecule has 0 bridgehead atoms. The first-order chi connectivity index (χ1) is 34.2. The average molecular weight is 878 g/mol. The molecule has 69 heavy (non-hydrogen) atoms. The first-order valence-electron chi connectivity index (χ1n) is 23.8. The molecule has 0 saturated carbocycles. The Kier molecular flexibility index (Phi) is 8.84. The Hall–Kier alpha value is -8.98. The van der Waals surface area contributed by atoms with Crippen LogP contribution in [0.25, 0.3) is 87.6 Å². The van der Waals surface area contributed by atoms with Crippen LogP contribution in [0.2, 0.25) is 0 Å². The molecule has 0 amide bonds. The van der Waals surface area contributed by atoms with E-state index in [2.05, 4.69) is 254 Å². The van der Waals surface area contributed by atoms with Crippen LogP contribution in [0.1, 0.15) is 22.3 Å². The predicted octanol–water partition coefficient (Wildman–Crippen LogP) is 18.2. The second-order valence-corrected chi connectivity index (χ2v) is 18.3. The zero-order chi connectivity index (χ0) is 45.5. The lowest BCUT2D eigenvalue weighted by atomic mass is 9.67. The van der Waals surface area contributed by atoms with Gasteiger partial charge in [0.2, 0.25) is 0 Å². The van der Waals surface area contributed by atoms with E-state index < -0.39 is 5.41 Å². The molecule has 0 spiro atoms. The van der Waals surface area contributed by atoms with Crippen LogP contribution in [0.3, 0.4) is 0 Å². The summed E-state index contributed by atoms with van der Waals surface area (Å²) in [6.07, 6.45) is 0. The summed E-state index contributed by atoms with van der Waals surface area (Å²) in [6.45, 7) is 0. The molecule has 13 aromatic rings. The van der Waals surface area contributed by atoms with Gasteiger partial charge in [0.15, 0.2) is 0 Å². The van der Waals surface area contributed by atoms with Crippen molar-refractivity contribution >= 4 is 71.3 Å². The first kappa shape index (κ1) is 39.2. The quantitative estimate of drug-likeness (QED) is 0.148. The zero-order valence-electron chi connectivity index (χ0n) is 37.7. The van der Waals surface area contributed by atoms with Crippen molar-refractivity contribution in [1.82, 2.24) is 0 Å². The molecule has 1 heterocycles. The summed E-state index contributed by atoms with van der Waals surface area (Å²) in [6, 6.07) is 95.6. The second-order valence-electron chi connectivity index (χ2n) is 18.3. The number of para-hydroxylation sites is 2. The number of hydrogen-bond donors (Lipinski definition) is 0. The van der Waals surface area contributed by atoms with E-state index >= 15 is 0 Å². The van der Waals surface area contributed by atoms with Crippen LogP contribution >= 0.6 is 0 Å². The van der Waals surface area contributed by atoms with Gasteiger partial charge in [-0.25, -0.2) is 0 Å². The molecule has 14 rings (SSSR count). The molecule has 0 saturated heterocycles. The van der Waals surface area contributed by atoms with Gasteiger partial charge >= 0.3 is 0 Å². The lowest BCUT2D eigenvalue weighted by molar-refractivity contribution is 0.670. The first-order valence-corrected chi connectivity index (χ1v) is 23.8. The van der Waals surface area contributed by atoms with Gasteiger partial charge in [-0.15, -0.1) is 0 Å². The summed E-state index contributed by atoms with van der Waals surface area (Å²) in [5.41, 5.74) is 16.6. The molecule has 1 aromatic heterocycles. The van der Waals surface area contributed by atoms with E-state index in [1.165, 1.54) is 76.8 Å². The van der Waals surface area contributed by atoms with Crippen molar-refractivity contribution in [3.05, 3.63) is 283 Å². The van der Waals surface area contributed by atoms with Crippen molar-refractivity contribution in [2.75, 3.05) is 4.90 Å². The van der Waals surface area contributed by atoms with Gasteiger partial charge in [-0.1, -0.05) is 212 Å². The third-order valence-corrected chi connectivity index (χ3v) is 14.7. The summed E-state index contributed by atoms with van der Waals surface area (Å²) in [4.78, 5) is 2.41. The highest BCUT2D eigenvalue weighted by atomic mass is 16.3. The van der Waals surface area contributed by atoms with Crippen LogP contribution in [0, 0.1) is 0 Å². The molecule has 0 N–H and O–H groups in total. The molecule has 0 fully saturated rings. The minimum absolute atomic E-state index is 0.527. The Balaban J connectivity index is 0.932. The van der Waals surface area contributed by atoms with Crippen molar-refractivity contribution < 1.29 is 4.42 Å². The molecule has 0 atom stereocenters. The summed E-state index contributed by atoms with van der Waals surface area (Å²) in [5.74, 6) is 0. The van der Waals surface area contributed by atoms with Crippen LogP contribution in [0.4, 0.5) is 17.1 Å². The second kappa shape index (κ2) is 15.6. The molecule has 1 aliphatic carbocycles. The molecular weight excluding hydrogens is 835 g/mol. The third-order valence-electron chi connectivity index (χ3n) is 14.7. The van der Waals surface area contributed by atoms with Crippen LogP contribution in [0.5, 0.6) is 0 Å². The molecule has 0 unspecified atom stereocenters. The minimum atomic E-state index is -0.527. The van der Waals surface area contributed by atoms with Gasteiger partial charge in [0.05, 0.1) is 5.41 Å². The Labute approximate surface area is 400 Å². The molecule has 2 nitrogen and oxygen atoms in total. The fourth-order valence-electron chi connectivity index (χ4n) is 11.7. The molecule has 1 aliphatic rings. The van der Waals surface area contributed by atoms with Gasteiger partial charge < -0.3 is 9.32 Å². The fraction of sp³-hybridized carbons (Fsp3) is 0.0149. The molecule has 0 aliphatic heterocycles. The lowest BCUT2D eigenvalue weighted by Crippen LogP contribution is -2.28. The normalized spacial score (nSPS) is 12.8. The van der Waals surface area contributed by atoms with Gasteiger partial charge in [0, 0.05) is 33.4 Å².